The van der Waals surface area contributed by atoms with E-state index < -0.39 is 5.82 Å². The van der Waals surface area contributed by atoms with Gasteiger partial charge in [-0.25, -0.2) is 4.39 Å². The average Bonchev–Trinajstić information content (AvgIpc) is 2.49. The minimum absolute atomic E-state index is 0.171. The zero-order chi connectivity index (χ0) is 14.8. The SMILES string of the molecule is O=c1c(C(=S)Nc2ccccc2)coc2ccc(F)cc12. The lowest BCUT2D eigenvalue weighted by Crippen LogP contribution is -2.20. The van der Waals surface area contributed by atoms with Gasteiger partial charge in [-0.2, -0.15) is 0 Å². The van der Waals surface area contributed by atoms with Gasteiger partial charge in [0.2, 0.25) is 5.43 Å². The molecule has 0 aliphatic carbocycles. The number of benzene rings is 2. The molecule has 0 bridgehead atoms. The highest BCUT2D eigenvalue weighted by molar-refractivity contribution is 7.81. The van der Waals surface area contributed by atoms with Crippen molar-refractivity contribution in [3.8, 4) is 0 Å². The van der Waals surface area contributed by atoms with Gasteiger partial charge in [-0.1, -0.05) is 30.4 Å². The number of fused-ring (bicyclic) bond motifs is 1. The molecule has 0 amide bonds. The van der Waals surface area contributed by atoms with Gasteiger partial charge in [0.1, 0.15) is 22.7 Å². The molecule has 0 atom stereocenters. The second-order valence-electron chi connectivity index (χ2n) is 4.44. The first-order valence-corrected chi connectivity index (χ1v) is 6.63. The van der Waals surface area contributed by atoms with Crippen molar-refractivity contribution < 1.29 is 8.81 Å². The molecular weight excluding hydrogens is 289 g/mol. The molecular formula is C16H10FNO2S. The third-order valence-corrected chi connectivity index (χ3v) is 3.33. The number of rotatable bonds is 2. The van der Waals surface area contributed by atoms with Crippen molar-refractivity contribution in [1.82, 2.24) is 0 Å². The number of nitrogens with one attached hydrogen (secondary N) is 1. The minimum atomic E-state index is -0.492. The smallest absolute Gasteiger partial charge is 0.202 e. The van der Waals surface area contributed by atoms with Crippen molar-refractivity contribution in [2.24, 2.45) is 0 Å². The van der Waals surface area contributed by atoms with Crippen LogP contribution in [0.5, 0.6) is 0 Å². The standard InChI is InChI=1S/C16H10FNO2S/c17-10-6-7-14-12(8-10)15(19)13(9-20-14)16(21)18-11-4-2-1-3-5-11/h1-9H,(H,18,21). The molecule has 104 valence electrons. The van der Waals surface area contributed by atoms with E-state index in [0.717, 1.165) is 11.8 Å². The van der Waals surface area contributed by atoms with Gasteiger partial charge in [0.25, 0.3) is 0 Å². The molecule has 0 aliphatic heterocycles. The molecule has 1 heterocycles. The number of hydrogen-bond acceptors (Lipinski definition) is 3. The predicted molar refractivity (Wildman–Crippen MR) is 84.2 cm³/mol. The van der Waals surface area contributed by atoms with Crippen LogP contribution >= 0.6 is 12.2 Å². The summed E-state index contributed by atoms with van der Waals surface area (Å²) in [6, 6.07) is 13.0. The molecule has 21 heavy (non-hydrogen) atoms. The number of hydrogen-bond donors (Lipinski definition) is 1. The second-order valence-corrected chi connectivity index (χ2v) is 4.85. The fourth-order valence-electron chi connectivity index (χ4n) is 1.98. The Kier molecular flexibility index (Phi) is 3.50. The maximum Gasteiger partial charge on any atom is 0.202 e. The van der Waals surface area contributed by atoms with Crippen LogP contribution in [0.1, 0.15) is 5.56 Å². The van der Waals surface area contributed by atoms with Crippen LogP contribution in [0.4, 0.5) is 10.1 Å². The Morgan fingerprint density at radius 2 is 1.90 bits per heavy atom. The lowest BCUT2D eigenvalue weighted by molar-refractivity contribution is 0.595. The van der Waals surface area contributed by atoms with E-state index in [4.69, 9.17) is 16.6 Å². The number of thiocarbonyl (C=S) groups is 1. The molecule has 0 radical (unpaired) electrons. The number of anilines is 1. The number of halogens is 1. The van der Waals surface area contributed by atoms with Crippen LogP contribution in [-0.4, -0.2) is 4.99 Å². The lowest BCUT2D eigenvalue weighted by atomic mass is 10.1. The largest absolute Gasteiger partial charge is 0.463 e. The minimum Gasteiger partial charge on any atom is -0.463 e. The van der Waals surface area contributed by atoms with Crippen molar-refractivity contribution in [1.29, 1.82) is 0 Å². The molecule has 0 fully saturated rings. The second kappa shape index (κ2) is 5.46. The van der Waals surface area contributed by atoms with E-state index in [1.165, 1.54) is 18.4 Å². The molecule has 0 aliphatic rings. The summed E-state index contributed by atoms with van der Waals surface area (Å²) < 4.78 is 18.6. The van der Waals surface area contributed by atoms with Crippen LogP contribution in [0.25, 0.3) is 11.0 Å². The maximum absolute atomic E-state index is 13.3. The topological polar surface area (TPSA) is 42.2 Å². The summed E-state index contributed by atoms with van der Waals surface area (Å²) in [6.45, 7) is 0. The van der Waals surface area contributed by atoms with Gasteiger partial charge in [-0.15, -0.1) is 0 Å². The molecule has 0 unspecified atom stereocenters. The molecule has 1 aromatic heterocycles. The zero-order valence-electron chi connectivity index (χ0n) is 10.8. The Morgan fingerprint density at radius 1 is 1.14 bits per heavy atom. The van der Waals surface area contributed by atoms with Crippen LogP contribution < -0.4 is 10.7 Å². The van der Waals surface area contributed by atoms with Gasteiger partial charge in [0.05, 0.1) is 10.9 Å². The van der Waals surface area contributed by atoms with E-state index in [1.54, 1.807) is 0 Å². The summed E-state index contributed by atoms with van der Waals surface area (Å²) in [5.41, 5.74) is 0.935. The van der Waals surface area contributed by atoms with Gasteiger partial charge in [-0.05, 0) is 30.3 Å². The van der Waals surface area contributed by atoms with Crippen molar-refractivity contribution in [2.75, 3.05) is 5.32 Å². The zero-order valence-corrected chi connectivity index (χ0v) is 11.6. The summed E-state index contributed by atoms with van der Waals surface area (Å²) in [4.78, 5) is 12.6. The van der Waals surface area contributed by atoms with Gasteiger partial charge in [0.15, 0.2) is 0 Å². The predicted octanol–water partition coefficient (Wildman–Crippen LogP) is 3.72. The molecule has 3 rings (SSSR count). The maximum atomic E-state index is 13.3. The Balaban J connectivity index is 2.02. The van der Waals surface area contributed by atoms with Crippen LogP contribution in [0.2, 0.25) is 0 Å². The van der Waals surface area contributed by atoms with Gasteiger partial charge in [-0.3, -0.25) is 4.79 Å². The van der Waals surface area contributed by atoms with Crippen molar-refractivity contribution in [3.05, 3.63) is 76.4 Å². The van der Waals surface area contributed by atoms with E-state index >= 15 is 0 Å². The van der Waals surface area contributed by atoms with Crippen LogP contribution in [0, 0.1) is 5.82 Å². The van der Waals surface area contributed by atoms with Gasteiger partial charge in [0, 0.05) is 5.69 Å². The Bertz CT molecular complexity index is 874. The molecule has 0 saturated carbocycles. The highest BCUT2D eigenvalue weighted by atomic mass is 32.1. The number of para-hydroxylation sites is 1. The van der Waals surface area contributed by atoms with Crippen LogP contribution in [0.3, 0.4) is 0 Å². The van der Waals surface area contributed by atoms with E-state index in [0.29, 0.717) is 5.58 Å². The third-order valence-electron chi connectivity index (χ3n) is 3.01. The van der Waals surface area contributed by atoms with Crippen molar-refractivity contribution >= 4 is 33.9 Å². The first-order valence-electron chi connectivity index (χ1n) is 6.22. The average molecular weight is 299 g/mol. The van der Waals surface area contributed by atoms with E-state index in [9.17, 15) is 9.18 Å². The summed E-state index contributed by atoms with van der Waals surface area (Å²) in [5, 5.41) is 3.13. The third kappa shape index (κ3) is 2.68. The molecule has 3 aromatic rings. The van der Waals surface area contributed by atoms with E-state index in [2.05, 4.69) is 5.32 Å². The monoisotopic (exact) mass is 299 g/mol. The summed E-state index contributed by atoms with van der Waals surface area (Å²) >= 11 is 5.22. The molecule has 2 aromatic carbocycles. The fraction of sp³-hybridized carbons (Fsp3) is 0. The first kappa shape index (κ1) is 13.5. The molecule has 0 saturated heterocycles. The van der Waals surface area contributed by atoms with Crippen LogP contribution in [0.15, 0.2) is 64.0 Å². The normalized spacial score (nSPS) is 10.5. The summed E-state index contributed by atoms with van der Waals surface area (Å²) in [7, 11) is 0. The quantitative estimate of drug-likeness (QED) is 0.732. The van der Waals surface area contributed by atoms with E-state index in [1.807, 2.05) is 30.3 Å². The molecule has 0 spiro atoms. The van der Waals surface area contributed by atoms with Crippen molar-refractivity contribution in [3.63, 3.8) is 0 Å². The Hall–Kier alpha value is -2.53. The highest BCUT2D eigenvalue weighted by Gasteiger charge is 2.12. The van der Waals surface area contributed by atoms with Gasteiger partial charge < -0.3 is 9.73 Å². The van der Waals surface area contributed by atoms with Crippen LogP contribution in [-0.2, 0) is 0 Å². The first-order chi connectivity index (χ1) is 10.1. The Labute approximate surface area is 125 Å². The summed E-state index contributed by atoms with van der Waals surface area (Å²) in [5.74, 6) is -0.492. The fourth-order valence-corrected chi connectivity index (χ4v) is 2.24. The lowest BCUT2D eigenvalue weighted by Gasteiger charge is -2.07. The molecule has 3 nitrogen and oxygen atoms in total. The van der Waals surface area contributed by atoms with Gasteiger partial charge >= 0.3 is 0 Å². The van der Waals surface area contributed by atoms with E-state index in [-0.39, 0.29) is 21.4 Å². The molecule has 5 heteroatoms. The van der Waals surface area contributed by atoms with Crippen molar-refractivity contribution in [2.45, 2.75) is 0 Å². The Morgan fingerprint density at radius 3 is 2.67 bits per heavy atom. The summed E-state index contributed by atoms with van der Waals surface area (Å²) in [6.07, 6.45) is 1.29. The highest BCUT2D eigenvalue weighted by Crippen LogP contribution is 2.14. The molecule has 1 N–H and O–H groups in total.